The van der Waals surface area contributed by atoms with Crippen molar-refractivity contribution in [3.05, 3.63) is 47.3 Å². The van der Waals surface area contributed by atoms with Gasteiger partial charge in [0.15, 0.2) is 5.82 Å². The number of piperazine rings is 1. The number of rotatable bonds is 5. The van der Waals surface area contributed by atoms with E-state index in [-0.39, 0.29) is 11.4 Å². The van der Waals surface area contributed by atoms with Gasteiger partial charge in [0.1, 0.15) is 17.8 Å². The highest BCUT2D eigenvalue weighted by Crippen LogP contribution is 2.38. The summed E-state index contributed by atoms with van der Waals surface area (Å²) in [5.41, 5.74) is 3.24. The zero-order valence-corrected chi connectivity index (χ0v) is 19.8. The third kappa shape index (κ3) is 4.01. The van der Waals surface area contributed by atoms with E-state index in [0.717, 1.165) is 37.6 Å². The second kappa shape index (κ2) is 9.06. The van der Waals surface area contributed by atoms with Gasteiger partial charge in [-0.25, -0.2) is 28.9 Å². The van der Waals surface area contributed by atoms with Crippen molar-refractivity contribution in [3.63, 3.8) is 0 Å². The molecule has 4 heterocycles. The van der Waals surface area contributed by atoms with E-state index in [9.17, 15) is 9.59 Å². The average Bonchev–Trinajstić information content (AvgIpc) is 2.87. The number of carbonyl (C=O) groups excluding carboxylic acids is 2. The van der Waals surface area contributed by atoms with Crippen LogP contribution in [0.25, 0.3) is 10.9 Å². The smallest absolute Gasteiger partial charge is 0.356 e. The van der Waals surface area contributed by atoms with Crippen molar-refractivity contribution in [2.45, 2.75) is 20.4 Å². The van der Waals surface area contributed by atoms with Gasteiger partial charge in [0.2, 0.25) is 0 Å². The van der Waals surface area contributed by atoms with Crippen LogP contribution in [0.1, 0.15) is 28.7 Å². The van der Waals surface area contributed by atoms with Crippen molar-refractivity contribution in [1.82, 2.24) is 19.9 Å². The first-order valence-corrected chi connectivity index (χ1v) is 11.5. The highest BCUT2D eigenvalue weighted by atomic mass is 19.1. The Hall–Kier alpha value is -3.86. The van der Waals surface area contributed by atoms with Gasteiger partial charge in [-0.15, -0.1) is 0 Å². The number of ether oxygens (including phenoxy) is 1. The molecule has 1 N–H and O–H groups in total. The number of hydrogen-bond donors (Lipinski definition) is 1. The van der Waals surface area contributed by atoms with E-state index in [4.69, 9.17) is 4.74 Å². The Labute approximate surface area is 201 Å². The van der Waals surface area contributed by atoms with Crippen LogP contribution >= 0.6 is 0 Å². The molecule has 0 aliphatic carbocycles. The zero-order chi connectivity index (χ0) is 24.7. The summed E-state index contributed by atoms with van der Waals surface area (Å²) < 4.78 is 20.3. The first kappa shape index (κ1) is 22.9. The van der Waals surface area contributed by atoms with Crippen LogP contribution in [0.4, 0.5) is 26.4 Å². The number of urea groups is 1. The summed E-state index contributed by atoms with van der Waals surface area (Å²) in [5.74, 6) is -0.479. The average molecular weight is 480 g/mol. The molecule has 1 aromatic carbocycles. The van der Waals surface area contributed by atoms with E-state index in [1.54, 1.807) is 12.1 Å². The van der Waals surface area contributed by atoms with E-state index in [0.29, 0.717) is 35.4 Å². The maximum absolute atomic E-state index is 15.5. The Balaban J connectivity index is 1.34. The largest absolute Gasteiger partial charge is 0.464 e. The van der Waals surface area contributed by atoms with Crippen molar-refractivity contribution in [3.8, 4) is 0 Å². The molecule has 0 unspecified atom stereocenters. The molecule has 0 radical (unpaired) electrons. The third-order valence-corrected chi connectivity index (χ3v) is 6.53. The molecule has 5 rings (SSSR count). The van der Waals surface area contributed by atoms with Crippen molar-refractivity contribution < 1.29 is 18.7 Å². The van der Waals surface area contributed by atoms with Crippen molar-refractivity contribution in [2.24, 2.45) is 0 Å². The number of anilines is 3. The summed E-state index contributed by atoms with van der Waals surface area (Å²) in [6.07, 6.45) is 1.41. The molecule has 0 bridgehead atoms. The molecule has 0 saturated carbocycles. The van der Waals surface area contributed by atoms with Crippen LogP contribution in [0.2, 0.25) is 0 Å². The summed E-state index contributed by atoms with van der Waals surface area (Å²) in [4.78, 5) is 43.0. The van der Waals surface area contributed by atoms with E-state index < -0.39 is 17.8 Å². The molecule has 0 atom stereocenters. The van der Waals surface area contributed by atoms with Gasteiger partial charge in [0.05, 0.1) is 35.1 Å². The van der Waals surface area contributed by atoms with Gasteiger partial charge in [-0.05, 0) is 32.0 Å². The number of pyridine rings is 1. The lowest BCUT2D eigenvalue weighted by Gasteiger charge is -2.37. The van der Waals surface area contributed by atoms with Gasteiger partial charge in [0.25, 0.3) is 0 Å². The lowest BCUT2D eigenvalue weighted by atomic mass is 10.1. The molecule has 2 aliphatic rings. The first-order chi connectivity index (χ1) is 16.9. The fraction of sp³-hybridized carbons (Fsp3) is 0.375. The molecule has 182 valence electrons. The van der Waals surface area contributed by atoms with Gasteiger partial charge in [-0.2, -0.15) is 0 Å². The number of halogens is 1. The van der Waals surface area contributed by atoms with Crippen LogP contribution in [-0.2, 0) is 11.3 Å². The fourth-order valence-electron chi connectivity index (χ4n) is 4.73. The van der Waals surface area contributed by atoms with Crippen LogP contribution in [0.15, 0.2) is 24.5 Å². The van der Waals surface area contributed by atoms with Crippen LogP contribution in [-0.4, -0.2) is 71.7 Å². The SMILES string of the molecule is CCN1C(=O)Nc2c(F)c(CN3CCN(c4ccc(C(=O)OC)nc4C)CC3)cc3ncnc1c23. The lowest BCUT2D eigenvalue weighted by Crippen LogP contribution is -2.46. The molecule has 2 aromatic heterocycles. The second-order valence-corrected chi connectivity index (χ2v) is 8.55. The standard InChI is InChI=1S/C24H26FN7O3/c1-4-32-22-19-17(26-13-27-22)11-15(20(25)21(19)29-24(32)34)12-30-7-9-31(10-8-30)18-6-5-16(23(33)35-3)28-14(18)2/h5-6,11,13H,4,7-10,12H2,1-3H3,(H,29,34). The third-order valence-electron chi connectivity index (χ3n) is 6.53. The quantitative estimate of drug-likeness (QED) is 0.557. The van der Waals surface area contributed by atoms with E-state index in [2.05, 4.69) is 30.1 Å². The van der Waals surface area contributed by atoms with E-state index in [1.165, 1.54) is 18.3 Å². The highest BCUT2D eigenvalue weighted by Gasteiger charge is 2.30. The fourth-order valence-corrected chi connectivity index (χ4v) is 4.73. The molecule has 35 heavy (non-hydrogen) atoms. The predicted octanol–water partition coefficient (Wildman–Crippen LogP) is 2.95. The maximum Gasteiger partial charge on any atom is 0.356 e. The van der Waals surface area contributed by atoms with Gasteiger partial charge in [-0.1, -0.05) is 0 Å². The lowest BCUT2D eigenvalue weighted by molar-refractivity contribution is 0.0594. The zero-order valence-electron chi connectivity index (χ0n) is 19.8. The number of aryl methyl sites for hydroxylation is 1. The first-order valence-electron chi connectivity index (χ1n) is 11.5. The predicted molar refractivity (Wildman–Crippen MR) is 129 cm³/mol. The molecule has 1 saturated heterocycles. The molecule has 2 aliphatic heterocycles. The van der Waals surface area contributed by atoms with Crippen LogP contribution in [0.5, 0.6) is 0 Å². The number of methoxy groups -OCH3 is 1. The summed E-state index contributed by atoms with van der Waals surface area (Å²) in [5, 5.41) is 3.21. The van der Waals surface area contributed by atoms with Crippen LogP contribution in [0, 0.1) is 12.7 Å². The van der Waals surface area contributed by atoms with E-state index >= 15 is 4.39 Å². The number of aromatic nitrogens is 3. The number of nitrogens with one attached hydrogen (secondary N) is 1. The number of hydrogen-bond acceptors (Lipinski definition) is 8. The Morgan fingerprint density at radius 1 is 1.20 bits per heavy atom. The molecule has 2 amide bonds. The minimum Gasteiger partial charge on any atom is -0.464 e. The second-order valence-electron chi connectivity index (χ2n) is 8.55. The molecule has 3 aromatic rings. The monoisotopic (exact) mass is 479 g/mol. The van der Waals surface area contributed by atoms with Crippen LogP contribution < -0.4 is 15.1 Å². The van der Waals surface area contributed by atoms with Gasteiger partial charge >= 0.3 is 12.0 Å². The Kier molecular flexibility index (Phi) is 5.93. The molecule has 1 fully saturated rings. The summed E-state index contributed by atoms with van der Waals surface area (Å²) in [6, 6.07) is 4.90. The van der Waals surface area contributed by atoms with Gasteiger partial charge in [0, 0.05) is 44.8 Å². The summed E-state index contributed by atoms with van der Waals surface area (Å²) in [7, 11) is 1.33. The molecular formula is C24H26FN7O3. The summed E-state index contributed by atoms with van der Waals surface area (Å²) >= 11 is 0. The van der Waals surface area contributed by atoms with Crippen LogP contribution in [0.3, 0.4) is 0 Å². The normalized spacial score (nSPS) is 15.9. The molecule has 0 spiro atoms. The number of esters is 1. The Bertz CT molecular complexity index is 1320. The Morgan fingerprint density at radius 2 is 1.97 bits per heavy atom. The van der Waals surface area contributed by atoms with Gasteiger partial charge in [-0.3, -0.25) is 9.80 Å². The maximum atomic E-state index is 15.5. The van der Waals surface area contributed by atoms with Crippen molar-refractivity contribution in [1.29, 1.82) is 0 Å². The van der Waals surface area contributed by atoms with Crippen molar-refractivity contribution in [2.75, 3.05) is 55.0 Å². The number of benzene rings is 1. The minimum atomic E-state index is -0.461. The molecule has 10 nitrogen and oxygen atoms in total. The van der Waals surface area contributed by atoms with Crippen molar-refractivity contribution >= 4 is 40.1 Å². The summed E-state index contributed by atoms with van der Waals surface area (Å²) in [6.45, 7) is 7.43. The molecular weight excluding hydrogens is 453 g/mol. The molecule has 11 heteroatoms. The minimum absolute atomic E-state index is 0.147. The Morgan fingerprint density at radius 3 is 2.66 bits per heavy atom. The van der Waals surface area contributed by atoms with Gasteiger partial charge < -0.3 is 15.0 Å². The van der Waals surface area contributed by atoms with E-state index in [1.807, 2.05) is 19.9 Å². The topological polar surface area (TPSA) is 104 Å². The number of amides is 2. The number of nitrogens with zero attached hydrogens (tertiary/aromatic N) is 6. The highest BCUT2D eigenvalue weighted by molar-refractivity contribution is 6.17. The number of carbonyl (C=O) groups is 2.